The number of fused-ring (bicyclic) bond motifs is 1. The minimum atomic E-state index is -0.608. The van der Waals surface area contributed by atoms with Gasteiger partial charge in [0.2, 0.25) is 5.75 Å². The fraction of sp³-hybridized carbons (Fsp3) is 0.185. The van der Waals surface area contributed by atoms with Gasteiger partial charge in [0.25, 0.3) is 5.56 Å². The van der Waals surface area contributed by atoms with Crippen LogP contribution in [0.4, 0.5) is 5.69 Å². The second-order valence-corrected chi connectivity index (χ2v) is 9.66. The Balaban J connectivity index is 1.82. The molecule has 1 heterocycles. The van der Waals surface area contributed by atoms with Crippen LogP contribution in [0.3, 0.4) is 0 Å². The quantitative estimate of drug-likeness (QED) is 0.126. The third kappa shape index (κ3) is 5.90. The normalized spacial score (nSPS) is 11.1. The summed E-state index contributed by atoms with van der Waals surface area (Å²) in [7, 11) is 0. The number of unbranched alkanes of at least 4 members (excludes halogenated alkanes) is 1. The average molecular weight is 595 g/mol. The second-order valence-electron chi connectivity index (χ2n) is 8.31. The van der Waals surface area contributed by atoms with Gasteiger partial charge in [0.15, 0.2) is 0 Å². The number of aryl methyl sites for hydroxylation is 1. The number of benzene rings is 3. The Kier molecular flexibility index (Phi) is 8.51. The van der Waals surface area contributed by atoms with Crippen LogP contribution in [0.2, 0.25) is 5.02 Å². The molecule has 3 aromatic carbocycles. The molecule has 0 radical (unpaired) electrons. The molecule has 38 heavy (non-hydrogen) atoms. The van der Waals surface area contributed by atoms with Gasteiger partial charge in [-0.25, -0.2) is 4.98 Å². The molecule has 0 bridgehead atoms. The highest BCUT2D eigenvalue weighted by molar-refractivity contribution is 9.10. The third-order valence-corrected chi connectivity index (χ3v) is 6.42. The Hall–Kier alpha value is -4.07. The Bertz CT molecular complexity index is 1660. The molecule has 0 unspecified atom stereocenters. The number of hydrogen-bond donors (Lipinski definition) is 0. The predicted molar refractivity (Wildman–Crippen MR) is 149 cm³/mol. The molecule has 0 saturated heterocycles. The molecule has 9 nitrogen and oxygen atoms in total. The van der Waals surface area contributed by atoms with E-state index in [4.69, 9.17) is 16.3 Å². The van der Waals surface area contributed by atoms with Gasteiger partial charge in [-0.1, -0.05) is 59.1 Å². The third-order valence-electron chi connectivity index (χ3n) is 5.71. The van der Waals surface area contributed by atoms with E-state index in [0.717, 1.165) is 17.3 Å². The first-order valence-corrected chi connectivity index (χ1v) is 12.8. The lowest BCUT2D eigenvalue weighted by molar-refractivity contribution is -0.385. The standard InChI is InChI=1S/C27H21BrClN5O4/c1-2-3-8-25-32-23-10-9-20(28)12-22(23)27(35)33(25)31-15-19-11-21(29)13-24(34(36)37)26(19)38-16-18-7-5-4-6-17(18)14-30/h4-7,9-13,15H,2-3,8,16H2,1H3. The van der Waals surface area contributed by atoms with Gasteiger partial charge < -0.3 is 4.74 Å². The lowest BCUT2D eigenvalue weighted by Gasteiger charge is -2.12. The van der Waals surface area contributed by atoms with Gasteiger partial charge in [0.05, 0.1) is 33.7 Å². The van der Waals surface area contributed by atoms with Crippen LogP contribution in [0, 0.1) is 21.4 Å². The van der Waals surface area contributed by atoms with Crippen LogP contribution in [-0.2, 0) is 13.0 Å². The van der Waals surface area contributed by atoms with E-state index in [1.807, 2.05) is 13.0 Å². The Morgan fingerprint density at radius 2 is 2.05 bits per heavy atom. The van der Waals surface area contributed by atoms with E-state index in [1.54, 1.807) is 36.4 Å². The number of hydrogen-bond acceptors (Lipinski definition) is 7. The maximum Gasteiger partial charge on any atom is 0.313 e. The SMILES string of the molecule is CCCCc1nc2ccc(Br)cc2c(=O)n1N=Cc1cc(Cl)cc([N+](=O)[O-])c1OCc1ccccc1C#N. The second kappa shape index (κ2) is 12.0. The van der Waals surface area contributed by atoms with Crippen molar-refractivity contribution in [3.63, 3.8) is 0 Å². The zero-order valence-electron chi connectivity index (χ0n) is 20.2. The summed E-state index contributed by atoms with van der Waals surface area (Å²) < 4.78 is 7.78. The predicted octanol–water partition coefficient (Wildman–Crippen LogP) is 6.40. The fourth-order valence-electron chi connectivity index (χ4n) is 3.82. The van der Waals surface area contributed by atoms with Crippen molar-refractivity contribution in [2.75, 3.05) is 0 Å². The lowest BCUT2D eigenvalue weighted by Crippen LogP contribution is -2.22. The summed E-state index contributed by atoms with van der Waals surface area (Å²) in [4.78, 5) is 29.3. The monoisotopic (exact) mass is 593 g/mol. The number of nitriles is 1. The number of halogens is 2. The fourth-order valence-corrected chi connectivity index (χ4v) is 4.41. The van der Waals surface area contributed by atoms with E-state index in [2.05, 4.69) is 32.1 Å². The van der Waals surface area contributed by atoms with Gasteiger partial charge >= 0.3 is 5.69 Å². The number of ether oxygens (including phenoxy) is 1. The van der Waals surface area contributed by atoms with E-state index in [9.17, 15) is 20.2 Å². The van der Waals surface area contributed by atoms with Crippen LogP contribution in [0.25, 0.3) is 10.9 Å². The van der Waals surface area contributed by atoms with Crippen molar-refractivity contribution in [1.82, 2.24) is 9.66 Å². The van der Waals surface area contributed by atoms with Crippen LogP contribution < -0.4 is 10.3 Å². The smallest absolute Gasteiger partial charge is 0.313 e. The molecular weight excluding hydrogens is 574 g/mol. The topological polar surface area (TPSA) is 123 Å². The maximum atomic E-state index is 13.4. The molecule has 4 aromatic rings. The summed E-state index contributed by atoms with van der Waals surface area (Å²) in [5, 5.41) is 26.1. The summed E-state index contributed by atoms with van der Waals surface area (Å²) in [5.41, 5.74) is 0.952. The van der Waals surface area contributed by atoms with Crippen molar-refractivity contribution >= 4 is 50.3 Å². The van der Waals surface area contributed by atoms with Gasteiger partial charge in [0, 0.05) is 33.1 Å². The molecule has 0 fully saturated rings. The summed E-state index contributed by atoms with van der Waals surface area (Å²) in [6.45, 7) is 1.93. The average Bonchev–Trinajstić information content (AvgIpc) is 2.91. The maximum absolute atomic E-state index is 13.4. The molecule has 4 rings (SSSR count). The molecule has 11 heteroatoms. The van der Waals surface area contributed by atoms with Gasteiger partial charge in [-0.2, -0.15) is 15.0 Å². The number of nitro groups is 1. The molecule has 0 aliphatic heterocycles. The summed E-state index contributed by atoms with van der Waals surface area (Å²) >= 11 is 9.57. The molecule has 0 aliphatic rings. The van der Waals surface area contributed by atoms with Crippen LogP contribution >= 0.6 is 27.5 Å². The first kappa shape index (κ1) is 27.0. The number of rotatable bonds is 9. The zero-order valence-corrected chi connectivity index (χ0v) is 22.6. The molecule has 1 aromatic heterocycles. The van der Waals surface area contributed by atoms with Crippen molar-refractivity contribution in [2.24, 2.45) is 5.10 Å². The molecule has 0 atom stereocenters. The zero-order chi connectivity index (χ0) is 27.2. The first-order valence-electron chi connectivity index (χ1n) is 11.7. The summed E-state index contributed by atoms with van der Waals surface area (Å²) in [5.74, 6) is 0.375. The first-order chi connectivity index (χ1) is 18.3. The van der Waals surface area contributed by atoms with Gasteiger partial charge in [0.1, 0.15) is 12.4 Å². The van der Waals surface area contributed by atoms with E-state index in [1.165, 1.54) is 23.0 Å². The minimum absolute atomic E-state index is 0.0875. The number of nitro benzene ring substituents is 1. The van der Waals surface area contributed by atoms with Crippen molar-refractivity contribution in [1.29, 1.82) is 5.26 Å². The summed E-state index contributed by atoms with van der Waals surface area (Å²) in [6, 6.07) is 16.8. The van der Waals surface area contributed by atoms with E-state index in [-0.39, 0.29) is 34.2 Å². The van der Waals surface area contributed by atoms with Crippen LogP contribution in [0.5, 0.6) is 5.75 Å². The van der Waals surface area contributed by atoms with Crippen molar-refractivity contribution in [3.8, 4) is 11.8 Å². The van der Waals surface area contributed by atoms with E-state index in [0.29, 0.717) is 34.3 Å². The molecule has 192 valence electrons. The summed E-state index contributed by atoms with van der Waals surface area (Å²) in [6.07, 6.45) is 3.49. The lowest BCUT2D eigenvalue weighted by atomic mass is 10.1. The molecule has 0 aliphatic carbocycles. The Morgan fingerprint density at radius 3 is 2.79 bits per heavy atom. The Morgan fingerprint density at radius 1 is 1.26 bits per heavy atom. The Labute approximate surface area is 231 Å². The number of nitrogens with zero attached hydrogens (tertiary/aromatic N) is 5. The van der Waals surface area contributed by atoms with Crippen molar-refractivity contribution < 1.29 is 9.66 Å². The highest BCUT2D eigenvalue weighted by atomic mass is 79.9. The highest BCUT2D eigenvalue weighted by Crippen LogP contribution is 2.34. The van der Waals surface area contributed by atoms with E-state index < -0.39 is 4.92 Å². The highest BCUT2D eigenvalue weighted by Gasteiger charge is 2.21. The number of aromatic nitrogens is 2. The minimum Gasteiger partial charge on any atom is -0.481 e. The molecule has 0 amide bonds. The molecule has 0 spiro atoms. The van der Waals surface area contributed by atoms with Crippen molar-refractivity contribution in [2.45, 2.75) is 32.8 Å². The van der Waals surface area contributed by atoms with Crippen LogP contribution in [-0.4, -0.2) is 20.8 Å². The van der Waals surface area contributed by atoms with Gasteiger partial charge in [-0.3, -0.25) is 14.9 Å². The van der Waals surface area contributed by atoms with Crippen LogP contribution in [0.15, 0.2) is 69.0 Å². The van der Waals surface area contributed by atoms with E-state index >= 15 is 0 Å². The molecule has 0 saturated carbocycles. The van der Waals surface area contributed by atoms with Crippen LogP contribution in [0.1, 0.15) is 42.3 Å². The van der Waals surface area contributed by atoms with Gasteiger partial charge in [-0.05, 0) is 36.8 Å². The molecule has 0 N–H and O–H groups in total. The largest absolute Gasteiger partial charge is 0.481 e. The van der Waals surface area contributed by atoms with Gasteiger partial charge in [-0.15, -0.1) is 0 Å². The van der Waals surface area contributed by atoms with Crippen molar-refractivity contribution in [3.05, 3.63) is 107 Å². The molecular formula is C27H21BrClN5O4.